The Balaban J connectivity index is 4.04. The van der Waals surface area contributed by atoms with Crippen LogP contribution >= 0.6 is 0 Å². The summed E-state index contributed by atoms with van der Waals surface area (Å²) in [7, 11) is 0. The second kappa shape index (κ2) is 6.79. The molecular formula is C10H12O. The number of aldehydes is 1. The normalized spacial score (nSPS) is 10.9. The molecule has 0 bridgehead atoms. The van der Waals surface area contributed by atoms with E-state index in [0.29, 0.717) is 5.57 Å². The predicted molar refractivity (Wildman–Crippen MR) is 47.3 cm³/mol. The van der Waals surface area contributed by atoms with Gasteiger partial charge in [-0.3, -0.25) is 4.79 Å². The number of hydrogen-bond donors (Lipinski definition) is 0. The zero-order chi connectivity index (χ0) is 8.53. The highest BCUT2D eigenvalue weighted by Gasteiger charge is 1.75. The van der Waals surface area contributed by atoms with Crippen molar-refractivity contribution in [1.29, 1.82) is 0 Å². The van der Waals surface area contributed by atoms with Gasteiger partial charge in [0.25, 0.3) is 0 Å². The first-order valence-corrected chi connectivity index (χ1v) is 3.47. The molecule has 1 nitrogen and oxygen atoms in total. The van der Waals surface area contributed by atoms with Gasteiger partial charge in [-0.15, -0.1) is 5.73 Å². The summed E-state index contributed by atoms with van der Waals surface area (Å²) in [5.74, 6) is 0. The van der Waals surface area contributed by atoms with Gasteiger partial charge in [0, 0.05) is 0 Å². The van der Waals surface area contributed by atoms with Crippen molar-refractivity contribution in [2.75, 3.05) is 0 Å². The molecule has 0 unspecified atom stereocenters. The van der Waals surface area contributed by atoms with Gasteiger partial charge in [0.15, 0.2) is 0 Å². The van der Waals surface area contributed by atoms with Crippen LogP contribution in [0.25, 0.3) is 0 Å². The van der Waals surface area contributed by atoms with Crippen molar-refractivity contribution in [2.24, 2.45) is 0 Å². The number of allylic oxidation sites excluding steroid dienone is 5. The summed E-state index contributed by atoms with van der Waals surface area (Å²) < 4.78 is 0. The van der Waals surface area contributed by atoms with Gasteiger partial charge in [-0.2, -0.15) is 0 Å². The lowest BCUT2D eigenvalue weighted by atomic mass is 10.3. The molecule has 0 rings (SSSR count). The summed E-state index contributed by atoms with van der Waals surface area (Å²) in [5, 5.41) is 0. The molecule has 0 fully saturated rings. The minimum absolute atomic E-state index is 0.700. The van der Waals surface area contributed by atoms with Crippen molar-refractivity contribution in [3.05, 3.63) is 41.7 Å². The van der Waals surface area contributed by atoms with Crippen LogP contribution in [-0.2, 0) is 4.79 Å². The third-order valence-corrected chi connectivity index (χ3v) is 1.01. The Kier molecular flexibility index (Phi) is 5.96. The van der Waals surface area contributed by atoms with Gasteiger partial charge in [-0.25, -0.2) is 0 Å². The number of hydrogen-bond acceptors (Lipinski definition) is 1. The summed E-state index contributed by atoms with van der Waals surface area (Å²) in [5.41, 5.74) is 3.58. The van der Waals surface area contributed by atoms with Crippen molar-refractivity contribution < 1.29 is 4.79 Å². The smallest absolute Gasteiger partial charge is 0.145 e. The minimum Gasteiger partial charge on any atom is -0.298 e. The van der Waals surface area contributed by atoms with Crippen molar-refractivity contribution in [2.45, 2.75) is 13.8 Å². The number of carbonyl (C=O) groups excluding carboxylic acids is 1. The van der Waals surface area contributed by atoms with Crippen LogP contribution in [0.2, 0.25) is 0 Å². The van der Waals surface area contributed by atoms with E-state index in [1.165, 1.54) is 0 Å². The standard InChI is InChI=1S/C10H12O/c1-3-4-5-6-7-8-10(2)9-11/h3-5,7-9H,1-2H3/b4-3-,10-8+. The van der Waals surface area contributed by atoms with Crippen molar-refractivity contribution in [3.63, 3.8) is 0 Å². The predicted octanol–water partition coefficient (Wildman–Crippen LogP) is 2.42. The molecule has 58 valence electrons. The average molecular weight is 148 g/mol. The van der Waals surface area contributed by atoms with Crippen molar-refractivity contribution in [3.8, 4) is 0 Å². The topological polar surface area (TPSA) is 17.1 Å². The van der Waals surface area contributed by atoms with E-state index in [1.807, 2.05) is 19.1 Å². The molecule has 0 aromatic heterocycles. The summed E-state index contributed by atoms with van der Waals surface area (Å²) in [6.45, 7) is 3.69. The largest absolute Gasteiger partial charge is 0.298 e. The first kappa shape index (κ1) is 9.67. The molecule has 0 aliphatic heterocycles. The first-order valence-electron chi connectivity index (χ1n) is 3.47. The van der Waals surface area contributed by atoms with Crippen LogP contribution in [0.5, 0.6) is 0 Å². The molecule has 0 aliphatic rings. The van der Waals surface area contributed by atoms with E-state index < -0.39 is 0 Å². The molecule has 0 saturated carbocycles. The highest BCUT2D eigenvalue weighted by molar-refractivity contribution is 5.72. The quantitative estimate of drug-likeness (QED) is 0.260. The van der Waals surface area contributed by atoms with Crippen LogP contribution in [0.4, 0.5) is 0 Å². The van der Waals surface area contributed by atoms with Gasteiger partial charge in [0.1, 0.15) is 6.29 Å². The van der Waals surface area contributed by atoms with E-state index in [1.54, 1.807) is 25.2 Å². The average Bonchev–Trinajstić information content (AvgIpc) is 2.04. The maximum absolute atomic E-state index is 10.1. The summed E-state index contributed by atoms with van der Waals surface area (Å²) in [6, 6.07) is 0. The molecule has 11 heavy (non-hydrogen) atoms. The Hall–Kier alpha value is -1.33. The Morgan fingerprint density at radius 2 is 2.09 bits per heavy atom. The highest BCUT2D eigenvalue weighted by Crippen LogP contribution is 1.85. The number of carbonyl (C=O) groups is 1. The Morgan fingerprint density at radius 3 is 2.64 bits per heavy atom. The molecule has 1 heteroatoms. The van der Waals surface area contributed by atoms with Crippen LogP contribution in [0.3, 0.4) is 0 Å². The molecule has 0 aromatic rings. The highest BCUT2D eigenvalue weighted by atomic mass is 16.1. The second-order valence-corrected chi connectivity index (χ2v) is 2.05. The van der Waals surface area contributed by atoms with Gasteiger partial charge < -0.3 is 0 Å². The summed E-state index contributed by atoms with van der Waals surface area (Å²) >= 11 is 0. The third-order valence-electron chi connectivity index (χ3n) is 1.01. The fourth-order valence-electron chi connectivity index (χ4n) is 0.426. The molecule has 0 saturated heterocycles. The van der Waals surface area contributed by atoms with Gasteiger partial charge in [0.2, 0.25) is 0 Å². The molecule has 0 atom stereocenters. The second-order valence-electron chi connectivity index (χ2n) is 2.05. The van der Waals surface area contributed by atoms with E-state index in [-0.39, 0.29) is 0 Å². The first-order chi connectivity index (χ1) is 5.31. The fraction of sp³-hybridized carbons (Fsp3) is 0.200. The fourth-order valence-corrected chi connectivity index (χ4v) is 0.426. The lowest BCUT2D eigenvalue weighted by molar-refractivity contribution is -0.104. The summed E-state index contributed by atoms with van der Waals surface area (Å²) in [4.78, 5) is 10.1. The van der Waals surface area contributed by atoms with Crippen LogP contribution < -0.4 is 0 Å². The Labute approximate surface area is 67.4 Å². The zero-order valence-electron chi connectivity index (χ0n) is 6.87. The lowest BCUT2D eigenvalue weighted by Crippen LogP contribution is -1.71. The van der Waals surface area contributed by atoms with E-state index in [4.69, 9.17) is 0 Å². The van der Waals surface area contributed by atoms with Gasteiger partial charge >= 0.3 is 0 Å². The van der Waals surface area contributed by atoms with E-state index in [0.717, 1.165) is 6.29 Å². The molecule has 0 spiro atoms. The molecule has 0 N–H and O–H groups in total. The molecule has 0 heterocycles. The monoisotopic (exact) mass is 148 g/mol. The van der Waals surface area contributed by atoms with Crippen LogP contribution in [0.1, 0.15) is 13.8 Å². The zero-order valence-corrected chi connectivity index (χ0v) is 6.87. The Morgan fingerprint density at radius 1 is 1.36 bits per heavy atom. The maximum atomic E-state index is 10.1. The molecule has 0 amide bonds. The lowest BCUT2D eigenvalue weighted by Gasteiger charge is -1.76. The van der Waals surface area contributed by atoms with Crippen molar-refractivity contribution >= 4 is 6.29 Å². The minimum atomic E-state index is 0.700. The van der Waals surface area contributed by atoms with Crippen LogP contribution in [0.15, 0.2) is 41.7 Å². The molecule has 0 aromatic carbocycles. The van der Waals surface area contributed by atoms with Gasteiger partial charge in [-0.05, 0) is 37.6 Å². The van der Waals surface area contributed by atoms with Crippen LogP contribution in [0, 0.1) is 0 Å². The third kappa shape index (κ3) is 6.56. The molecule has 0 aliphatic carbocycles. The van der Waals surface area contributed by atoms with E-state index in [9.17, 15) is 4.79 Å². The maximum Gasteiger partial charge on any atom is 0.145 e. The molecular weight excluding hydrogens is 136 g/mol. The van der Waals surface area contributed by atoms with Gasteiger partial charge in [-0.1, -0.05) is 12.2 Å². The van der Waals surface area contributed by atoms with E-state index >= 15 is 0 Å². The number of rotatable bonds is 3. The summed E-state index contributed by atoms with van der Waals surface area (Å²) in [6.07, 6.45) is 9.82. The van der Waals surface area contributed by atoms with Crippen molar-refractivity contribution in [1.82, 2.24) is 0 Å². The van der Waals surface area contributed by atoms with E-state index in [2.05, 4.69) is 5.73 Å². The van der Waals surface area contributed by atoms with Gasteiger partial charge in [0.05, 0.1) is 0 Å². The Bertz CT molecular complexity index is 225. The SMILES string of the molecule is C/C=C\C=C=C/C=C(\C)C=O. The van der Waals surface area contributed by atoms with Crippen LogP contribution in [-0.4, -0.2) is 6.29 Å². The molecule has 0 radical (unpaired) electrons.